The second-order valence-corrected chi connectivity index (χ2v) is 8.33. The highest BCUT2D eigenvalue weighted by Crippen LogP contribution is 2.30. The van der Waals surface area contributed by atoms with Crippen LogP contribution in [-0.2, 0) is 4.74 Å². The molecule has 1 aliphatic heterocycles. The number of halogens is 1. The Labute approximate surface area is 176 Å². The lowest BCUT2D eigenvalue weighted by Crippen LogP contribution is -2.33. The summed E-state index contributed by atoms with van der Waals surface area (Å²) < 4.78 is 13.1. The summed E-state index contributed by atoms with van der Waals surface area (Å²) in [7, 11) is 0. The predicted octanol–water partition coefficient (Wildman–Crippen LogP) is 4.30. The highest BCUT2D eigenvalue weighted by molar-refractivity contribution is 6.32. The molecule has 4 rings (SSSR count). The maximum absolute atomic E-state index is 12.8. The van der Waals surface area contributed by atoms with Crippen molar-refractivity contribution in [3.05, 3.63) is 51.9 Å². The van der Waals surface area contributed by atoms with Gasteiger partial charge in [0, 0.05) is 13.2 Å². The lowest BCUT2D eigenvalue weighted by molar-refractivity contribution is 0.0595. The number of hydrogen-bond donors (Lipinski definition) is 1. The van der Waals surface area contributed by atoms with E-state index in [0.29, 0.717) is 11.6 Å². The van der Waals surface area contributed by atoms with E-state index in [0.717, 1.165) is 64.0 Å². The van der Waals surface area contributed by atoms with Crippen LogP contribution in [-0.4, -0.2) is 35.6 Å². The van der Waals surface area contributed by atoms with Gasteiger partial charge in [-0.05, 0) is 56.6 Å². The van der Waals surface area contributed by atoms with E-state index < -0.39 is 0 Å². The van der Waals surface area contributed by atoms with E-state index in [9.17, 15) is 4.79 Å². The molecule has 2 heterocycles. The summed E-state index contributed by atoms with van der Waals surface area (Å²) in [5.74, 6) is 1.34. The Morgan fingerprint density at radius 1 is 1.17 bits per heavy atom. The van der Waals surface area contributed by atoms with Crippen LogP contribution in [0.5, 0.6) is 5.75 Å². The largest absolute Gasteiger partial charge is 0.490 e. The van der Waals surface area contributed by atoms with E-state index in [4.69, 9.17) is 21.1 Å². The van der Waals surface area contributed by atoms with E-state index in [1.807, 2.05) is 30.3 Å². The molecule has 1 N–H and O–H groups in total. The van der Waals surface area contributed by atoms with Gasteiger partial charge < -0.3 is 14.8 Å². The molecule has 2 fully saturated rings. The normalized spacial score (nSPS) is 24.8. The van der Waals surface area contributed by atoms with E-state index >= 15 is 0 Å². The third-order valence-electron chi connectivity index (χ3n) is 5.81. The van der Waals surface area contributed by atoms with Crippen LogP contribution in [0.15, 0.2) is 41.3 Å². The van der Waals surface area contributed by atoms with Crippen LogP contribution in [0.25, 0.3) is 0 Å². The zero-order valence-electron chi connectivity index (χ0n) is 16.6. The quantitative estimate of drug-likeness (QED) is 0.759. The number of nitrogens with zero attached hydrogens (tertiary/aromatic N) is 2. The van der Waals surface area contributed by atoms with Crippen LogP contribution in [0, 0.1) is 5.92 Å². The smallest absolute Gasteiger partial charge is 0.287 e. The first-order chi connectivity index (χ1) is 14.2. The van der Waals surface area contributed by atoms with Crippen molar-refractivity contribution < 1.29 is 9.47 Å². The molecule has 1 atom stereocenters. The maximum Gasteiger partial charge on any atom is 0.287 e. The van der Waals surface area contributed by atoms with Crippen molar-refractivity contribution in [1.82, 2.24) is 9.78 Å². The van der Waals surface area contributed by atoms with Crippen molar-refractivity contribution >= 4 is 17.3 Å². The first-order valence-corrected chi connectivity index (χ1v) is 10.9. The second-order valence-electron chi connectivity index (χ2n) is 7.95. The van der Waals surface area contributed by atoms with Crippen molar-refractivity contribution in [2.24, 2.45) is 5.92 Å². The van der Waals surface area contributed by atoms with E-state index in [-0.39, 0.29) is 22.7 Å². The number of hydrogen-bond acceptors (Lipinski definition) is 5. The maximum atomic E-state index is 12.8. The van der Waals surface area contributed by atoms with Crippen LogP contribution in [0.1, 0.15) is 44.6 Å². The molecule has 1 saturated carbocycles. The fourth-order valence-corrected chi connectivity index (χ4v) is 4.35. The number of rotatable bonds is 6. The van der Waals surface area contributed by atoms with Crippen LogP contribution in [0.2, 0.25) is 5.02 Å². The fourth-order valence-electron chi connectivity index (χ4n) is 4.15. The molecule has 2 aliphatic rings. The highest BCUT2D eigenvalue weighted by Gasteiger charge is 2.26. The van der Waals surface area contributed by atoms with Crippen molar-refractivity contribution in [2.45, 2.75) is 50.7 Å². The summed E-state index contributed by atoms with van der Waals surface area (Å²) >= 11 is 6.38. The minimum atomic E-state index is -0.219. The van der Waals surface area contributed by atoms with Gasteiger partial charge in [-0.1, -0.05) is 29.8 Å². The summed E-state index contributed by atoms with van der Waals surface area (Å²) in [6.07, 6.45) is 7.57. The summed E-state index contributed by atoms with van der Waals surface area (Å²) in [4.78, 5) is 12.8. The molecular formula is C22H28ClN3O3. The molecular weight excluding hydrogens is 390 g/mol. The minimum Gasteiger partial charge on any atom is -0.490 e. The minimum absolute atomic E-state index is 0.0661. The fraction of sp³-hybridized carbons (Fsp3) is 0.545. The van der Waals surface area contributed by atoms with Gasteiger partial charge in [0.2, 0.25) is 0 Å². The van der Waals surface area contributed by atoms with Gasteiger partial charge in [0.25, 0.3) is 5.56 Å². The topological polar surface area (TPSA) is 65.4 Å². The van der Waals surface area contributed by atoms with Crippen LogP contribution < -0.4 is 15.6 Å². The Morgan fingerprint density at radius 2 is 1.97 bits per heavy atom. The van der Waals surface area contributed by atoms with E-state index in [2.05, 4.69) is 10.4 Å². The predicted molar refractivity (Wildman–Crippen MR) is 114 cm³/mol. The van der Waals surface area contributed by atoms with Gasteiger partial charge in [-0.25, -0.2) is 4.68 Å². The SMILES string of the molecule is O=c1c(Cl)c(NCC2CCCOC2)cnn1C1CCC(Oc2ccccc2)CC1. The number of nitrogens with one attached hydrogen (secondary N) is 1. The zero-order chi connectivity index (χ0) is 20.1. The third-order valence-corrected chi connectivity index (χ3v) is 6.18. The lowest BCUT2D eigenvalue weighted by Gasteiger charge is -2.29. The van der Waals surface area contributed by atoms with Gasteiger partial charge >= 0.3 is 0 Å². The van der Waals surface area contributed by atoms with Crippen molar-refractivity contribution in [1.29, 1.82) is 0 Å². The molecule has 0 bridgehead atoms. The standard InChI is InChI=1S/C22H28ClN3O3/c23-21-20(24-13-16-5-4-12-28-15-16)14-25-26(22(21)27)17-8-10-19(11-9-17)29-18-6-2-1-3-7-18/h1-3,6-7,14,16-17,19,24H,4-5,8-13,15H2. The van der Waals surface area contributed by atoms with Crippen molar-refractivity contribution in [3.8, 4) is 5.75 Å². The van der Waals surface area contributed by atoms with Gasteiger partial charge in [0.1, 0.15) is 10.8 Å². The molecule has 0 amide bonds. The average Bonchev–Trinajstić information content (AvgIpc) is 2.77. The monoisotopic (exact) mass is 417 g/mol. The second kappa shape index (κ2) is 9.63. The molecule has 29 heavy (non-hydrogen) atoms. The Morgan fingerprint density at radius 3 is 2.69 bits per heavy atom. The molecule has 156 valence electrons. The zero-order valence-corrected chi connectivity index (χ0v) is 17.3. The van der Waals surface area contributed by atoms with E-state index in [1.165, 1.54) is 0 Å². The molecule has 6 nitrogen and oxygen atoms in total. The van der Waals surface area contributed by atoms with Crippen LogP contribution >= 0.6 is 11.6 Å². The number of para-hydroxylation sites is 1. The van der Waals surface area contributed by atoms with Gasteiger partial charge in [-0.3, -0.25) is 4.79 Å². The van der Waals surface area contributed by atoms with Gasteiger partial charge in [0.15, 0.2) is 0 Å². The molecule has 1 unspecified atom stereocenters. The Balaban J connectivity index is 1.34. The number of ether oxygens (including phenoxy) is 2. The van der Waals surface area contributed by atoms with Gasteiger partial charge in [-0.15, -0.1) is 0 Å². The van der Waals surface area contributed by atoms with Crippen LogP contribution in [0.3, 0.4) is 0 Å². The molecule has 0 radical (unpaired) electrons. The Hall–Kier alpha value is -2.05. The summed E-state index contributed by atoms with van der Waals surface area (Å²) in [5, 5.41) is 7.92. The molecule has 0 spiro atoms. The molecule has 1 aromatic carbocycles. The summed E-state index contributed by atoms with van der Waals surface area (Å²) in [6, 6.07) is 9.95. The highest BCUT2D eigenvalue weighted by atomic mass is 35.5. The van der Waals surface area contributed by atoms with E-state index in [1.54, 1.807) is 10.9 Å². The van der Waals surface area contributed by atoms with Crippen molar-refractivity contribution in [3.63, 3.8) is 0 Å². The van der Waals surface area contributed by atoms with Crippen LogP contribution in [0.4, 0.5) is 5.69 Å². The number of aromatic nitrogens is 2. The molecule has 2 aromatic rings. The molecule has 1 aromatic heterocycles. The Bertz CT molecular complexity index is 844. The number of benzene rings is 1. The lowest BCUT2D eigenvalue weighted by atomic mass is 9.93. The third kappa shape index (κ3) is 5.11. The first-order valence-electron chi connectivity index (χ1n) is 10.5. The van der Waals surface area contributed by atoms with Crippen molar-refractivity contribution in [2.75, 3.05) is 25.1 Å². The summed E-state index contributed by atoms with van der Waals surface area (Å²) in [5.41, 5.74) is 0.392. The molecule has 1 aliphatic carbocycles. The first kappa shape index (κ1) is 20.2. The van der Waals surface area contributed by atoms with Gasteiger partial charge in [0.05, 0.1) is 30.6 Å². The van der Waals surface area contributed by atoms with Gasteiger partial charge in [-0.2, -0.15) is 5.10 Å². The average molecular weight is 418 g/mol. The number of anilines is 1. The summed E-state index contributed by atoms with van der Waals surface area (Å²) in [6.45, 7) is 2.34. The molecule has 1 saturated heterocycles. The Kier molecular flexibility index (Phi) is 6.72. The molecule has 7 heteroatoms.